The molecule has 1 aromatic rings. The molecule has 10 heteroatoms. The number of rotatable bonds is 6. The Bertz CT molecular complexity index is 1310. The minimum atomic E-state index is -2.21. The number of aliphatic hydroxyl groups excluding tert-OH is 1. The Kier molecular flexibility index (Phi) is 10.7. The fraction of sp³-hybridized carbons (Fsp3) is 0.559. The van der Waals surface area contributed by atoms with E-state index < -0.39 is 88.6 Å². The summed E-state index contributed by atoms with van der Waals surface area (Å²) < 4.78 is 17.4. The molecule has 0 spiro atoms. The van der Waals surface area contributed by atoms with E-state index in [9.17, 15) is 34.2 Å². The molecule has 2 aliphatic carbocycles. The third-order valence-corrected chi connectivity index (χ3v) is 8.50. The van der Waals surface area contributed by atoms with Crippen LogP contribution in [0.3, 0.4) is 0 Å². The lowest BCUT2D eigenvalue weighted by atomic mass is 9.73. The molecule has 0 aromatic heterocycles. The molecule has 8 atom stereocenters. The number of carbonyl (C=O) groups is 5. The highest BCUT2D eigenvalue weighted by Crippen LogP contribution is 2.49. The lowest BCUT2D eigenvalue weighted by Gasteiger charge is -2.41. The molecular formula is C34H44O10. The topological polar surface area (TPSA) is 154 Å². The number of ether oxygens (including phenoxy) is 3. The number of benzene rings is 1. The lowest BCUT2D eigenvalue weighted by Crippen LogP contribution is -2.56. The summed E-state index contributed by atoms with van der Waals surface area (Å²) in [6.07, 6.45) is -3.73. The predicted octanol–water partition coefficient (Wildman–Crippen LogP) is 3.78. The summed E-state index contributed by atoms with van der Waals surface area (Å²) in [5.41, 5.74) is -3.67. The Labute approximate surface area is 258 Å². The smallest absolute Gasteiger partial charge is 0.338 e. The third kappa shape index (κ3) is 7.02. The van der Waals surface area contributed by atoms with Crippen molar-refractivity contribution in [3.05, 3.63) is 60.2 Å². The molecule has 10 nitrogen and oxygen atoms in total. The standard InChI is InChI=1S/C34H44O10/c1-9-23(35)42-26-20(5)17-34(41)24(26)27(43-32(40)22-13-11-10-12-14-22)21(6)28(44-31(39)18(2)3)25(36)30(38)33(7,8)16-15-19(4)29(34)37/h10-16,18-20,24-28,36,41H,6,9,17H2,1-5,7-8H3/b16-15+/t19-,20-,24?,25?,26?,27?,28-,34+/m0/s1. The van der Waals surface area contributed by atoms with Crippen LogP contribution >= 0.6 is 0 Å². The molecule has 0 aliphatic heterocycles. The zero-order valence-corrected chi connectivity index (χ0v) is 26.4. The highest BCUT2D eigenvalue weighted by molar-refractivity contribution is 5.94. The van der Waals surface area contributed by atoms with Crippen molar-refractivity contribution >= 4 is 29.5 Å². The number of hydrogen-bond donors (Lipinski definition) is 2. The van der Waals surface area contributed by atoms with Gasteiger partial charge in [0.2, 0.25) is 0 Å². The first-order chi connectivity index (χ1) is 20.5. The second-order valence-corrected chi connectivity index (χ2v) is 12.8. The van der Waals surface area contributed by atoms with Gasteiger partial charge in [0.1, 0.15) is 17.8 Å². The van der Waals surface area contributed by atoms with Crippen molar-refractivity contribution < 1.29 is 48.4 Å². The van der Waals surface area contributed by atoms with E-state index in [1.54, 1.807) is 52.8 Å². The van der Waals surface area contributed by atoms with Gasteiger partial charge in [-0.15, -0.1) is 0 Å². The van der Waals surface area contributed by atoms with Gasteiger partial charge in [-0.05, 0) is 38.3 Å². The molecule has 0 saturated heterocycles. The summed E-state index contributed by atoms with van der Waals surface area (Å²) in [5.74, 6) is -7.25. The Balaban J connectivity index is 2.33. The highest BCUT2D eigenvalue weighted by Gasteiger charge is 2.63. The van der Waals surface area contributed by atoms with E-state index in [4.69, 9.17) is 14.2 Å². The predicted molar refractivity (Wildman–Crippen MR) is 160 cm³/mol. The number of aliphatic hydroxyl groups is 2. The molecule has 44 heavy (non-hydrogen) atoms. The van der Waals surface area contributed by atoms with E-state index in [1.807, 2.05) is 0 Å². The van der Waals surface area contributed by atoms with Gasteiger partial charge in [0.25, 0.3) is 0 Å². The van der Waals surface area contributed by atoms with Crippen LogP contribution in [0.5, 0.6) is 0 Å². The maximum atomic E-state index is 14.1. The average Bonchev–Trinajstić information content (AvgIpc) is 3.24. The van der Waals surface area contributed by atoms with Crippen LogP contribution in [-0.2, 0) is 33.4 Å². The number of fused-ring (bicyclic) bond motifs is 1. The minimum Gasteiger partial charge on any atom is -0.461 e. The summed E-state index contributed by atoms with van der Waals surface area (Å²) in [4.78, 5) is 66.8. The fourth-order valence-electron chi connectivity index (χ4n) is 5.85. The molecule has 0 heterocycles. The van der Waals surface area contributed by atoms with Crippen LogP contribution in [0.15, 0.2) is 54.6 Å². The Morgan fingerprint density at radius 1 is 1.00 bits per heavy atom. The largest absolute Gasteiger partial charge is 0.461 e. The van der Waals surface area contributed by atoms with E-state index >= 15 is 0 Å². The maximum Gasteiger partial charge on any atom is 0.338 e. The first kappa shape index (κ1) is 34.9. The van der Waals surface area contributed by atoms with Crippen molar-refractivity contribution in [3.8, 4) is 0 Å². The van der Waals surface area contributed by atoms with Crippen molar-refractivity contribution in [1.29, 1.82) is 0 Å². The Hall–Kier alpha value is -3.63. The molecule has 3 rings (SSSR count). The van der Waals surface area contributed by atoms with Gasteiger partial charge in [0.15, 0.2) is 23.8 Å². The monoisotopic (exact) mass is 612 g/mol. The molecule has 0 bridgehead atoms. The zero-order valence-electron chi connectivity index (χ0n) is 26.4. The number of esters is 3. The maximum absolute atomic E-state index is 14.1. The van der Waals surface area contributed by atoms with E-state index in [1.165, 1.54) is 38.1 Å². The second kappa shape index (κ2) is 13.6. The third-order valence-electron chi connectivity index (χ3n) is 8.50. The summed E-state index contributed by atoms with van der Waals surface area (Å²) in [5, 5.41) is 23.8. The Morgan fingerprint density at radius 2 is 1.61 bits per heavy atom. The molecule has 2 aliphatic rings. The molecular weight excluding hydrogens is 568 g/mol. The summed E-state index contributed by atoms with van der Waals surface area (Å²) in [6.45, 7) is 15.1. The van der Waals surface area contributed by atoms with Crippen molar-refractivity contribution in [2.75, 3.05) is 0 Å². The average molecular weight is 613 g/mol. The lowest BCUT2D eigenvalue weighted by molar-refractivity contribution is -0.168. The van der Waals surface area contributed by atoms with Crippen LogP contribution in [0.1, 0.15) is 71.7 Å². The number of allylic oxidation sites excluding steroid dienone is 2. The molecule has 240 valence electrons. The molecule has 2 N–H and O–H groups in total. The number of Topliss-reactive ketones (excluding diaryl/α,β-unsaturated/α-hetero) is 2. The Morgan fingerprint density at radius 3 is 2.18 bits per heavy atom. The first-order valence-electron chi connectivity index (χ1n) is 15.0. The van der Waals surface area contributed by atoms with Gasteiger partial charge in [-0.3, -0.25) is 19.2 Å². The van der Waals surface area contributed by atoms with Crippen LogP contribution < -0.4 is 0 Å². The SMILES string of the molecule is C=C1C(OC(=O)c2ccccc2)C2C(OC(=O)CC)[C@@H](C)C[C@]2(O)C(=O)[C@@H](C)/C=C/C(C)(C)C(=O)C(O)[C@H]1OC(=O)C(C)C. The molecule has 4 unspecified atom stereocenters. The highest BCUT2D eigenvalue weighted by atomic mass is 16.6. The van der Waals surface area contributed by atoms with Gasteiger partial charge in [0.05, 0.1) is 17.4 Å². The number of ketones is 2. The van der Waals surface area contributed by atoms with Crippen molar-refractivity contribution in [2.24, 2.45) is 29.1 Å². The van der Waals surface area contributed by atoms with E-state index in [0.717, 1.165) is 0 Å². The fourth-order valence-corrected chi connectivity index (χ4v) is 5.85. The van der Waals surface area contributed by atoms with Crippen LogP contribution in [0, 0.1) is 29.1 Å². The van der Waals surface area contributed by atoms with Crippen LogP contribution in [-0.4, -0.2) is 69.7 Å². The van der Waals surface area contributed by atoms with Crippen molar-refractivity contribution in [2.45, 2.75) is 91.3 Å². The second-order valence-electron chi connectivity index (χ2n) is 12.8. The zero-order chi connectivity index (χ0) is 33.1. The van der Waals surface area contributed by atoms with Crippen molar-refractivity contribution in [3.63, 3.8) is 0 Å². The van der Waals surface area contributed by atoms with Gasteiger partial charge in [-0.25, -0.2) is 4.79 Å². The summed E-state index contributed by atoms with van der Waals surface area (Å²) in [6, 6.07) is 7.91. The van der Waals surface area contributed by atoms with E-state index in [2.05, 4.69) is 6.58 Å². The van der Waals surface area contributed by atoms with Crippen LogP contribution in [0.4, 0.5) is 0 Å². The van der Waals surface area contributed by atoms with Gasteiger partial charge < -0.3 is 24.4 Å². The molecule has 0 radical (unpaired) electrons. The van der Waals surface area contributed by atoms with Gasteiger partial charge in [-0.2, -0.15) is 0 Å². The summed E-state index contributed by atoms with van der Waals surface area (Å²) in [7, 11) is 0. The molecule has 1 saturated carbocycles. The van der Waals surface area contributed by atoms with Crippen LogP contribution in [0.25, 0.3) is 0 Å². The minimum absolute atomic E-state index is 0.00615. The normalized spacial score (nSPS) is 33.0. The van der Waals surface area contributed by atoms with E-state index in [-0.39, 0.29) is 24.0 Å². The first-order valence-corrected chi connectivity index (χ1v) is 15.0. The van der Waals surface area contributed by atoms with Gasteiger partial charge in [-0.1, -0.05) is 71.5 Å². The number of hydrogen-bond acceptors (Lipinski definition) is 10. The number of carbonyl (C=O) groups excluding carboxylic acids is 5. The molecule has 0 amide bonds. The van der Waals surface area contributed by atoms with Crippen LogP contribution in [0.2, 0.25) is 0 Å². The molecule has 1 aromatic carbocycles. The van der Waals surface area contributed by atoms with Gasteiger partial charge >= 0.3 is 17.9 Å². The molecule has 1 fully saturated rings. The van der Waals surface area contributed by atoms with Gasteiger partial charge in [0, 0.05) is 23.3 Å². The van der Waals surface area contributed by atoms with E-state index in [0.29, 0.717) is 0 Å². The quantitative estimate of drug-likeness (QED) is 0.276. The van der Waals surface area contributed by atoms with Crippen molar-refractivity contribution in [1.82, 2.24) is 0 Å². The summed E-state index contributed by atoms with van der Waals surface area (Å²) >= 11 is 0.